The second kappa shape index (κ2) is 8.18. The number of halogens is 1. The molecular formula is C21H13ClN4O4S. The molecule has 4 rings (SSSR count). The highest BCUT2D eigenvalue weighted by Crippen LogP contribution is 2.39. The summed E-state index contributed by atoms with van der Waals surface area (Å²) in [7, 11) is 0. The van der Waals surface area contributed by atoms with Crippen LogP contribution in [0.25, 0.3) is 11.3 Å². The molecule has 0 saturated carbocycles. The summed E-state index contributed by atoms with van der Waals surface area (Å²) in [6.07, 6.45) is -0.838. The fourth-order valence-electron chi connectivity index (χ4n) is 3.26. The fourth-order valence-corrected chi connectivity index (χ4v) is 3.77. The molecule has 0 spiro atoms. The molecule has 1 aliphatic heterocycles. The highest BCUT2D eigenvalue weighted by molar-refractivity contribution is 7.84. The van der Waals surface area contributed by atoms with E-state index in [4.69, 9.17) is 16.0 Å². The second-order valence-corrected chi connectivity index (χ2v) is 7.37. The number of nitriles is 1. The number of nitrogens with one attached hydrogen (secondary N) is 1. The van der Waals surface area contributed by atoms with Crippen LogP contribution in [0.15, 0.2) is 75.7 Å². The van der Waals surface area contributed by atoms with Crippen LogP contribution in [-0.2, 0) is 4.79 Å². The minimum absolute atomic E-state index is 0.104. The third kappa shape index (κ3) is 3.74. The number of thiol groups is 1. The van der Waals surface area contributed by atoms with Crippen LogP contribution in [0.1, 0.15) is 11.9 Å². The molecule has 1 unspecified atom stereocenters. The zero-order valence-corrected chi connectivity index (χ0v) is 17.3. The SMILES string of the molecule is N#CC1=C(S)N(c2ccc(Cl)cc2)C(c2ccc(-c3ccccc3[N+](=O)[O-])o2)NC1=O. The third-order valence-corrected chi connectivity index (χ3v) is 5.38. The summed E-state index contributed by atoms with van der Waals surface area (Å²) >= 11 is 10.4. The molecule has 8 nitrogen and oxygen atoms in total. The van der Waals surface area contributed by atoms with E-state index in [9.17, 15) is 20.2 Å². The van der Waals surface area contributed by atoms with Crippen molar-refractivity contribution in [3.05, 3.63) is 92.2 Å². The van der Waals surface area contributed by atoms with Gasteiger partial charge in [0.05, 0.1) is 15.5 Å². The predicted octanol–water partition coefficient (Wildman–Crippen LogP) is 4.81. The van der Waals surface area contributed by atoms with Gasteiger partial charge in [-0.25, -0.2) is 0 Å². The Morgan fingerprint density at radius 1 is 1.16 bits per heavy atom. The van der Waals surface area contributed by atoms with Crippen molar-refractivity contribution in [2.24, 2.45) is 0 Å². The largest absolute Gasteiger partial charge is 0.457 e. The standard InChI is InChI=1S/C21H13ClN4O4S/c22-12-5-7-13(8-6-12)25-19(24-20(27)15(11-23)21(25)31)18-10-9-17(30-18)14-3-1-2-4-16(14)26(28)29/h1-10,19,31H,(H,24,27). The Labute approximate surface area is 186 Å². The Hall–Kier alpha value is -3.74. The summed E-state index contributed by atoms with van der Waals surface area (Å²) in [5.74, 6) is -0.0327. The van der Waals surface area contributed by atoms with Gasteiger partial charge < -0.3 is 14.6 Å². The van der Waals surface area contributed by atoms with Crippen molar-refractivity contribution in [1.29, 1.82) is 5.26 Å². The molecule has 31 heavy (non-hydrogen) atoms. The Morgan fingerprint density at radius 3 is 2.55 bits per heavy atom. The minimum Gasteiger partial charge on any atom is -0.457 e. The monoisotopic (exact) mass is 452 g/mol. The van der Waals surface area contributed by atoms with Crippen LogP contribution in [0.5, 0.6) is 0 Å². The van der Waals surface area contributed by atoms with E-state index < -0.39 is 17.0 Å². The van der Waals surface area contributed by atoms with E-state index >= 15 is 0 Å². The molecule has 0 bridgehead atoms. The lowest BCUT2D eigenvalue weighted by molar-refractivity contribution is -0.384. The number of nitro benzene ring substituents is 1. The molecule has 154 valence electrons. The molecule has 1 N–H and O–H groups in total. The first-order valence-corrected chi connectivity index (χ1v) is 9.75. The van der Waals surface area contributed by atoms with E-state index in [2.05, 4.69) is 17.9 Å². The van der Waals surface area contributed by atoms with Crippen LogP contribution in [0.4, 0.5) is 11.4 Å². The van der Waals surface area contributed by atoms with Crippen molar-refractivity contribution in [3.63, 3.8) is 0 Å². The summed E-state index contributed by atoms with van der Waals surface area (Å²) in [6, 6.07) is 18.0. The van der Waals surface area contributed by atoms with Crippen molar-refractivity contribution < 1.29 is 14.1 Å². The van der Waals surface area contributed by atoms with Gasteiger partial charge in [0.25, 0.3) is 11.6 Å². The van der Waals surface area contributed by atoms with E-state index in [1.54, 1.807) is 59.5 Å². The lowest BCUT2D eigenvalue weighted by Gasteiger charge is -2.36. The lowest BCUT2D eigenvalue weighted by Crippen LogP contribution is -2.45. The zero-order chi connectivity index (χ0) is 22.1. The van der Waals surface area contributed by atoms with Gasteiger partial charge in [0.15, 0.2) is 6.17 Å². The zero-order valence-electron chi connectivity index (χ0n) is 15.7. The number of nitrogens with zero attached hydrogens (tertiary/aromatic N) is 3. The fraction of sp³-hybridized carbons (Fsp3) is 0.0476. The first-order valence-electron chi connectivity index (χ1n) is 8.93. The maximum atomic E-state index is 12.5. The van der Waals surface area contributed by atoms with E-state index in [0.717, 1.165) is 0 Å². The Bertz CT molecular complexity index is 1260. The van der Waals surface area contributed by atoms with E-state index in [1.165, 1.54) is 6.07 Å². The van der Waals surface area contributed by atoms with Gasteiger partial charge in [0, 0.05) is 16.8 Å². The molecule has 2 heterocycles. The number of anilines is 1. The normalized spacial score (nSPS) is 16.1. The number of furan rings is 1. The van der Waals surface area contributed by atoms with Crippen LogP contribution >= 0.6 is 24.2 Å². The number of hydrogen-bond donors (Lipinski definition) is 2. The number of hydrogen-bond acceptors (Lipinski definition) is 7. The van der Waals surface area contributed by atoms with Crippen LogP contribution < -0.4 is 10.2 Å². The maximum Gasteiger partial charge on any atom is 0.280 e. The molecule has 0 saturated heterocycles. The van der Waals surface area contributed by atoms with Crippen LogP contribution in [-0.4, -0.2) is 10.8 Å². The molecule has 0 fully saturated rings. The van der Waals surface area contributed by atoms with Crippen molar-refractivity contribution in [3.8, 4) is 17.4 Å². The van der Waals surface area contributed by atoms with Gasteiger partial charge >= 0.3 is 0 Å². The van der Waals surface area contributed by atoms with E-state index in [1.807, 2.05) is 6.07 Å². The molecule has 1 atom stereocenters. The van der Waals surface area contributed by atoms with Crippen LogP contribution in [0, 0.1) is 21.4 Å². The topological polar surface area (TPSA) is 112 Å². The second-order valence-electron chi connectivity index (χ2n) is 6.51. The summed E-state index contributed by atoms with van der Waals surface area (Å²) < 4.78 is 5.91. The van der Waals surface area contributed by atoms with Gasteiger partial charge in [-0.3, -0.25) is 14.9 Å². The quantitative estimate of drug-likeness (QED) is 0.334. The number of para-hydroxylation sites is 1. The molecule has 1 aromatic heterocycles. The number of carbonyl (C=O) groups excluding carboxylic acids is 1. The average molecular weight is 453 g/mol. The van der Waals surface area contributed by atoms with Gasteiger partial charge in [-0.15, -0.1) is 12.6 Å². The summed E-state index contributed by atoms with van der Waals surface area (Å²) in [5.41, 5.74) is 0.654. The number of amides is 1. The van der Waals surface area contributed by atoms with Gasteiger partial charge in [-0.05, 0) is 42.5 Å². The minimum atomic E-state index is -0.838. The molecular weight excluding hydrogens is 440 g/mol. The maximum absolute atomic E-state index is 12.5. The highest BCUT2D eigenvalue weighted by atomic mass is 35.5. The molecule has 3 aromatic rings. The lowest BCUT2D eigenvalue weighted by atomic mass is 10.1. The molecule has 1 amide bonds. The van der Waals surface area contributed by atoms with E-state index in [0.29, 0.717) is 22.0 Å². The van der Waals surface area contributed by atoms with Gasteiger partial charge in [-0.2, -0.15) is 5.26 Å². The van der Waals surface area contributed by atoms with E-state index in [-0.39, 0.29) is 22.0 Å². The molecule has 1 aliphatic rings. The molecule has 10 heteroatoms. The predicted molar refractivity (Wildman–Crippen MR) is 117 cm³/mol. The first kappa shape index (κ1) is 20.5. The van der Waals surface area contributed by atoms with Crippen molar-refractivity contribution >= 4 is 41.5 Å². The van der Waals surface area contributed by atoms with Crippen LogP contribution in [0.2, 0.25) is 5.02 Å². The number of nitro groups is 1. The van der Waals surface area contributed by atoms with Gasteiger partial charge in [0.2, 0.25) is 0 Å². The summed E-state index contributed by atoms with van der Waals surface area (Å²) in [5, 5.41) is 24.1. The van der Waals surface area contributed by atoms with Crippen molar-refractivity contribution in [2.75, 3.05) is 4.90 Å². The third-order valence-electron chi connectivity index (χ3n) is 4.68. The molecule has 0 radical (unpaired) electrons. The van der Waals surface area contributed by atoms with Crippen LogP contribution in [0.3, 0.4) is 0 Å². The summed E-state index contributed by atoms with van der Waals surface area (Å²) in [6.45, 7) is 0. The smallest absolute Gasteiger partial charge is 0.280 e. The number of benzene rings is 2. The number of carbonyl (C=O) groups is 1. The average Bonchev–Trinajstić information content (AvgIpc) is 3.24. The molecule has 0 aliphatic carbocycles. The Morgan fingerprint density at radius 2 is 1.87 bits per heavy atom. The van der Waals surface area contributed by atoms with Gasteiger partial charge in [-0.1, -0.05) is 23.7 Å². The van der Waals surface area contributed by atoms with Crippen molar-refractivity contribution in [2.45, 2.75) is 6.17 Å². The number of rotatable bonds is 4. The van der Waals surface area contributed by atoms with Crippen molar-refractivity contribution in [1.82, 2.24) is 5.32 Å². The Kier molecular flexibility index (Phi) is 5.42. The van der Waals surface area contributed by atoms with Gasteiger partial charge in [0.1, 0.15) is 23.2 Å². The Balaban J connectivity index is 1.81. The molecule has 2 aromatic carbocycles. The first-order chi connectivity index (χ1) is 14.9. The highest BCUT2D eigenvalue weighted by Gasteiger charge is 2.36. The summed E-state index contributed by atoms with van der Waals surface area (Å²) in [4.78, 5) is 24.9.